The summed E-state index contributed by atoms with van der Waals surface area (Å²) in [7, 11) is 3.40. The number of anilines is 1. The Bertz CT molecular complexity index is 995. The van der Waals surface area contributed by atoms with Crippen molar-refractivity contribution < 1.29 is 9.59 Å². The fraction of sp³-hybridized carbons (Fsp3) is 0.176. The highest BCUT2D eigenvalue weighted by Crippen LogP contribution is 2.49. The van der Waals surface area contributed by atoms with Crippen LogP contribution in [0.4, 0.5) is 10.5 Å². The average molecular weight is 388 g/mol. The number of amides is 2. The van der Waals surface area contributed by atoms with Gasteiger partial charge in [0.1, 0.15) is 11.7 Å². The number of azo groups is 1. The van der Waals surface area contributed by atoms with E-state index in [0.29, 0.717) is 26.9 Å². The van der Waals surface area contributed by atoms with E-state index in [1.54, 1.807) is 32.3 Å². The maximum atomic E-state index is 13.1. The van der Waals surface area contributed by atoms with E-state index in [2.05, 4.69) is 21.0 Å². The van der Waals surface area contributed by atoms with Crippen LogP contribution in [-0.2, 0) is 0 Å². The van der Waals surface area contributed by atoms with Crippen molar-refractivity contribution in [2.24, 2.45) is 10.2 Å². The molecule has 132 valence electrons. The van der Waals surface area contributed by atoms with Crippen LogP contribution in [0.25, 0.3) is 5.70 Å². The second-order valence-electron chi connectivity index (χ2n) is 6.08. The highest BCUT2D eigenvalue weighted by molar-refractivity contribution is 7.14. The molecule has 1 atom stereocenters. The molecule has 2 aliphatic rings. The van der Waals surface area contributed by atoms with Crippen LogP contribution in [0.3, 0.4) is 0 Å². The molecule has 0 saturated heterocycles. The van der Waals surface area contributed by atoms with Crippen LogP contribution in [0.1, 0.15) is 27.5 Å². The Balaban J connectivity index is 1.75. The summed E-state index contributed by atoms with van der Waals surface area (Å²) in [6.07, 6.45) is 0. The second-order valence-corrected chi connectivity index (χ2v) is 7.62. The number of ketones is 1. The van der Waals surface area contributed by atoms with Gasteiger partial charge in [0.05, 0.1) is 21.2 Å². The molecule has 0 fully saturated rings. The predicted octanol–water partition coefficient (Wildman–Crippen LogP) is 4.11. The molecule has 0 bridgehead atoms. The summed E-state index contributed by atoms with van der Waals surface area (Å²) in [6, 6.07) is 6.23. The Morgan fingerprint density at radius 2 is 2.15 bits per heavy atom. The zero-order chi connectivity index (χ0) is 18.4. The number of carbonyl (C=O) groups is 2. The van der Waals surface area contributed by atoms with Crippen molar-refractivity contribution in [2.75, 3.05) is 19.4 Å². The number of carbonyl (C=O) groups excluding carboxylic acids is 2. The molecule has 2 N–H and O–H groups in total. The minimum atomic E-state index is -0.440. The van der Waals surface area contributed by atoms with Gasteiger partial charge in [0.15, 0.2) is 5.78 Å². The lowest BCUT2D eigenvalue weighted by atomic mass is 10.0. The Kier molecular flexibility index (Phi) is 4.10. The minimum absolute atomic E-state index is 0.173. The van der Waals surface area contributed by atoms with Crippen LogP contribution in [0.15, 0.2) is 45.4 Å². The van der Waals surface area contributed by atoms with Crippen LogP contribution in [-0.4, -0.2) is 30.9 Å². The van der Waals surface area contributed by atoms with E-state index >= 15 is 0 Å². The largest absolute Gasteiger partial charge is 0.333 e. The van der Waals surface area contributed by atoms with Gasteiger partial charge >= 0.3 is 6.03 Å². The first-order valence-electron chi connectivity index (χ1n) is 7.77. The van der Waals surface area contributed by atoms with Crippen molar-refractivity contribution in [3.63, 3.8) is 0 Å². The second kappa shape index (κ2) is 6.31. The number of nitrogens with one attached hydrogen (secondary N) is 2. The van der Waals surface area contributed by atoms with Gasteiger partial charge in [-0.2, -0.15) is 10.2 Å². The smallest absolute Gasteiger partial charge is 0.306 e. The lowest BCUT2D eigenvalue weighted by molar-refractivity contribution is 0.103. The van der Waals surface area contributed by atoms with Crippen LogP contribution < -0.4 is 10.7 Å². The number of fused-ring (bicyclic) bond motifs is 3. The van der Waals surface area contributed by atoms with Crippen molar-refractivity contribution >= 4 is 46.1 Å². The van der Waals surface area contributed by atoms with Gasteiger partial charge in [0.2, 0.25) is 0 Å². The molecule has 1 aliphatic heterocycles. The molecule has 0 radical (unpaired) electrons. The zero-order valence-electron chi connectivity index (χ0n) is 13.9. The summed E-state index contributed by atoms with van der Waals surface area (Å²) >= 11 is 7.39. The highest BCUT2D eigenvalue weighted by atomic mass is 35.5. The zero-order valence-corrected chi connectivity index (χ0v) is 15.5. The SMILES string of the molecule is CN(C)NC(=O)Nc1cccc2c1C(=O)C1=C(c3csc(Cl)c3)N=NC12. The lowest BCUT2D eigenvalue weighted by Crippen LogP contribution is -2.39. The molecule has 26 heavy (non-hydrogen) atoms. The molecular formula is C17H14ClN5O2S. The van der Waals surface area contributed by atoms with Gasteiger partial charge in [-0.1, -0.05) is 23.7 Å². The Labute approximate surface area is 158 Å². The van der Waals surface area contributed by atoms with E-state index in [1.165, 1.54) is 16.3 Å². The number of hydrogen-bond donors (Lipinski definition) is 2. The molecule has 0 saturated carbocycles. The summed E-state index contributed by atoms with van der Waals surface area (Å²) in [5, 5.41) is 14.6. The first kappa shape index (κ1) is 16.9. The van der Waals surface area contributed by atoms with Gasteiger partial charge in [0.25, 0.3) is 0 Å². The van der Waals surface area contributed by atoms with Crippen molar-refractivity contribution in [1.29, 1.82) is 0 Å². The predicted molar refractivity (Wildman–Crippen MR) is 100 cm³/mol. The van der Waals surface area contributed by atoms with Crippen molar-refractivity contribution in [3.05, 3.63) is 56.2 Å². The summed E-state index contributed by atoms with van der Waals surface area (Å²) in [5.74, 6) is -0.173. The van der Waals surface area contributed by atoms with E-state index in [1.807, 2.05) is 11.4 Å². The molecule has 1 aliphatic carbocycles. The number of nitrogens with zero attached hydrogens (tertiary/aromatic N) is 3. The number of urea groups is 1. The topological polar surface area (TPSA) is 86.2 Å². The number of Topliss-reactive ketones (excluding diaryl/α,β-unsaturated/α-hetero) is 1. The van der Waals surface area contributed by atoms with Crippen LogP contribution >= 0.6 is 22.9 Å². The molecule has 7 nitrogen and oxygen atoms in total. The number of hydrazine groups is 1. The standard InChI is InChI=1S/C17H14ClN5O2S/c1-23(2)22-17(25)19-10-5-3-4-9-12(10)16(24)13-14(20-21-15(9)13)8-6-11(18)26-7-8/h3-7,15H,1-2H3,(H2,19,22,25). The first-order chi connectivity index (χ1) is 12.5. The Morgan fingerprint density at radius 1 is 1.35 bits per heavy atom. The van der Waals surface area contributed by atoms with Gasteiger partial charge in [-0.15, -0.1) is 11.3 Å². The van der Waals surface area contributed by atoms with Gasteiger partial charge < -0.3 is 5.32 Å². The maximum Gasteiger partial charge on any atom is 0.333 e. The van der Waals surface area contributed by atoms with Crippen LogP contribution in [0.5, 0.6) is 0 Å². The summed E-state index contributed by atoms with van der Waals surface area (Å²) in [6.45, 7) is 0. The molecule has 4 rings (SSSR count). The highest BCUT2D eigenvalue weighted by Gasteiger charge is 2.42. The third kappa shape index (κ3) is 2.72. The average Bonchev–Trinajstić information content (AvgIpc) is 3.24. The fourth-order valence-corrected chi connectivity index (χ4v) is 3.96. The van der Waals surface area contributed by atoms with Crippen molar-refractivity contribution in [1.82, 2.24) is 10.4 Å². The normalized spacial score (nSPS) is 17.7. The number of thiophene rings is 1. The molecule has 1 aromatic heterocycles. The molecular weight excluding hydrogens is 374 g/mol. The van der Waals surface area contributed by atoms with Gasteiger partial charge in [-0.3, -0.25) is 10.2 Å². The lowest BCUT2D eigenvalue weighted by Gasteiger charge is -2.14. The first-order valence-corrected chi connectivity index (χ1v) is 9.03. The summed E-state index contributed by atoms with van der Waals surface area (Å²) in [5.41, 5.74) is 6.09. The van der Waals surface area contributed by atoms with E-state index in [-0.39, 0.29) is 5.78 Å². The van der Waals surface area contributed by atoms with Gasteiger partial charge in [0, 0.05) is 25.0 Å². The third-order valence-electron chi connectivity index (χ3n) is 4.08. The van der Waals surface area contributed by atoms with E-state index in [0.717, 1.165) is 11.1 Å². The number of rotatable bonds is 3. The maximum absolute atomic E-state index is 13.1. The molecule has 0 spiro atoms. The Morgan fingerprint density at radius 3 is 2.85 bits per heavy atom. The molecule has 2 heterocycles. The van der Waals surface area contributed by atoms with Crippen molar-refractivity contribution in [3.8, 4) is 0 Å². The van der Waals surface area contributed by atoms with Crippen molar-refractivity contribution in [2.45, 2.75) is 6.04 Å². The van der Waals surface area contributed by atoms with E-state index in [4.69, 9.17) is 11.6 Å². The van der Waals surface area contributed by atoms with Crippen LogP contribution in [0.2, 0.25) is 4.34 Å². The van der Waals surface area contributed by atoms with E-state index < -0.39 is 12.1 Å². The number of hydrogen-bond acceptors (Lipinski definition) is 6. The number of halogens is 1. The quantitative estimate of drug-likeness (QED) is 0.777. The third-order valence-corrected chi connectivity index (χ3v) is 5.17. The molecule has 2 amide bonds. The number of benzene rings is 1. The fourth-order valence-electron chi connectivity index (χ4n) is 3.10. The Hall–Kier alpha value is -2.55. The van der Waals surface area contributed by atoms with Gasteiger partial charge in [-0.05, 0) is 17.7 Å². The monoisotopic (exact) mass is 387 g/mol. The minimum Gasteiger partial charge on any atom is -0.306 e. The summed E-state index contributed by atoms with van der Waals surface area (Å²) in [4.78, 5) is 25.1. The van der Waals surface area contributed by atoms with Crippen LogP contribution in [0, 0.1) is 0 Å². The molecule has 9 heteroatoms. The summed E-state index contributed by atoms with van der Waals surface area (Å²) < 4.78 is 0.623. The molecule has 2 aromatic rings. The van der Waals surface area contributed by atoms with Gasteiger partial charge in [-0.25, -0.2) is 9.80 Å². The molecule has 1 aromatic carbocycles. The molecule has 1 unspecified atom stereocenters. The van der Waals surface area contributed by atoms with E-state index in [9.17, 15) is 9.59 Å².